The fourth-order valence-corrected chi connectivity index (χ4v) is 4.06. The molecule has 0 fully saturated rings. The van der Waals surface area contributed by atoms with Crippen LogP contribution in [0.15, 0.2) is 54.9 Å². The zero-order chi connectivity index (χ0) is 24.3. The molecular formula is C26H29ClN4O3. The number of hydrogen-bond donors (Lipinski definition) is 2. The molecule has 4 rings (SSSR count). The SMILES string of the molecule is CC(C)(C)OC(=O)NC(CCn1cc(-c2ccc3c(c2)CC(=O)N3)cn1)Cc1ccc(Cl)cc1. The molecule has 1 aliphatic rings. The van der Waals surface area contributed by atoms with Gasteiger partial charge in [0, 0.05) is 35.1 Å². The Kier molecular flexibility index (Phi) is 6.93. The summed E-state index contributed by atoms with van der Waals surface area (Å²) in [5.41, 5.74) is 4.39. The topological polar surface area (TPSA) is 85.2 Å². The molecule has 2 heterocycles. The lowest BCUT2D eigenvalue weighted by Crippen LogP contribution is -2.40. The number of ether oxygens (including phenoxy) is 1. The lowest BCUT2D eigenvalue weighted by molar-refractivity contribution is -0.115. The Labute approximate surface area is 204 Å². The Hall–Kier alpha value is -3.32. The molecule has 3 aromatic rings. The van der Waals surface area contributed by atoms with Gasteiger partial charge in [-0.3, -0.25) is 9.48 Å². The van der Waals surface area contributed by atoms with Crippen molar-refractivity contribution in [3.05, 3.63) is 71.0 Å². The number of carbonyl (C=O) groups excluding carboxylic acids is 2. The molecule has 178 valence electrons. The van der Waals surface area contributed by atoms with Crippen molar-refractivity contribution in [2.75, 3.05) is 5.32 Å². The van der Waals surface area contributed by atoms with E-state index in [2.05, 4.69) is 15.7 Å². The van der Waals surface area contributed by atoms with E-state index >= 15 is 0 Å². The fourth-order valence-electron chi connectivity index (χ4n) is 3.94. The van der Waals surface area contributed by atoms with Crippen molar-refractivity contribution in [3.63, 3.8) is 0 Å². The van der Waals surface area contributed by atoms with Gasteiger partial charge < -0.3 is 15.4 Å². The van der Waals surface area contributed by atoms with Gasteiger partial charge in [0.15, 0.2) is 0 Å². The number of halogens is 1. The van der Waals surface area contributed by atoms with Crippen LogP contribution < -0.4 is 10.6 Å². The monoisotopic (exact) mass is 480 g/mol. The molecule has 1 unspecified atom stereocenters. The second-order valence-electron chi connectivity index (χ2n) is 9.55. The van der Waals surface area contributed by atoms with E-state index in [1.54, 1.807) is 0 Å². The van der Waals surface area contributed by atoms with E-state index in [1.165, 1.54) is 0 Å². The van der Waals surface area contributed by atoms with Crippen molar-refractivity contribution >= 4 is 29.3 Å². The first-order valence-electron chi connectivity index (χ1n) is 11.3. The molecule has 0 bridgehead atoms. The molecule has 1 atom stereocenters. The summed E-state index contributed by atoms with van der Waals surface area (Å²) < 4.78 is 7.33. The Bertz CT molecular complexity index is 1180. The van der Waals surface area contributed by atoms with Gasteiger partial charge in [0.05, 0.1) is 12.6 Å². The maximum absolute atomic E-state index is 12.4. The molecule has 2 aromatic carbocycles. The highest BCUT2D eigenvalue weighted by atomic mass is 35.5. The van der Waals surface area contributed by atoms with Gasteiger partial charge in [-0.05, 0) is 74.6 Å². The summed E-state index contributed by atoms with van der Waals surface area (Å²) in [6.45, 7) is 6.16. The zero-order valence-corrected chi connectivity index (χ0v) is 20.4. The molecule has 0 spiro atoms. The smallest absolute Gasteiger partial charge is 0.407 e. The molecule has 0 aliphatic carbocycles. The molecule has 0 saturated carbocycles. The predicted molar refractivity (Wildman–Crippen MR) is 133 cm³/mol. The van der Waals surface area contributed by atoms with Crippen molar-refractivity contribution in [2.24, 2.45) is 0 Å². The maximum Gasteiger partial charge on any atom is 0.407 e. The molecular weight excluding hydrogens is 452 g/mol. The number of benzene rings is 2. The molecule has 0 saturated heterocycles. The first-order valence-corrected chi connectivity index (χ1v) is 11.7. The normalized spacial score (nSPS) is 13.8. The van der Waals surface area contributed by atoms with E-state index in [0.29, 0.717) is 30.8 Å². The summed E-state index contributed by atoms with van der Waals surface area (Å²) in [4.78, 5) is 24.1. The quantitative estimate of drug-likeness (QED) is 0.485. The summed E-state index contributed by atoms with van der Waals surface area (Å²) >= 11 is 6.02. The van der Waals surface area contributed by atoms with Crippen molar-refractivity contribution < 1.29 is 14.3 Å². The zero-order valence-electron chi connectivity index (χ0n) is 19.6. The van der Waals surface area contributed by atoms with Crippen LogP contribution in [0.25, 0.3) is 11.1 Å². The molecule has 2 N–H and O–H groups in total. The van der Waals surface area contributed by atoms with Crippen molar-refractivity contribution in [1.29, 1.82) is 0 Å². The van der Waals surface area contributed by atoms with E-state index in [-0.39, 0.29) is 11.9 Å². The summed E-state index contributed by atoms with van der Waals surface area (Å²) in [5, 5.41) is 11.0. The average Bonchev–Trinajstić information content (AvgIpc) is 3.37. The third-order valence-corrected chi connectivity index (χ3v) is 5.77. The molecule has 34 heavy (non-hydrogen) atoms. The second kappa shape index (κ2) is 9.89. The van der Waals surface area contributed by atoms with Gasteiger partial charge >= 0.3 is 6.09 Å². The first kappa shape index (κ1) is 23.8. The van der Waals surface area contributed by atoms with Crippen LogP contribution in [0.5, 0.6) is 0 Å². The van der Waals surface area contributed by atoms with Crippen LogP contribution in [0.3, 0.4) is 0 Å². The van der Waals surface area contributed by atoms with Crippen LogP contribution in [0.1, 0.15) is 38.3 Å². The standard InChI is InChI=1S/C26H29ClN4O3/c1-26(2,3)34-25(33)29-22(12-17-4-7-21(27)8-5-17)10-11-31-16-20(15-28-31)18-6-9-23-19(13-18)14-24(32)30-23/h4-9,13,15-16,22H,10-12,14H2,1-3H3,(H,29,33)(H,30,32). The Morgan fingerprint density at radius 3 is 2.71 bits per heavy atom. The number of nitrogens with one attached hydrogen (secondary N) is 2. The average molecular weight is 481 g/mol. The number of hydrogen-bond acceptors (Lipinski definition) is 4. The highest BCUT2D eigenvalue weighted by Crippen LogP contribution is 2.29. The van der Waals surface area contributed by atoms with E-state index in [9.17, 15) is 9.59 Å². The van der Waals surface area contributed by atoms with Crippen LogP contribution in [-0.4, -0.2) is 33.4 Å². The minimum atomic E-state index is -0.568. The first-order chi connectivity index (χ1) is 16.1. The minimum Gasteiger partial charge on any atom is -0.444 e. The van der Waals surface area contributed by atoms with Crippen LogP contribution in [-0.2, 0) is 28.9 Å². The third-order valence-electron chi connectivity index (χ3n) is 5.52. The van der Waals surface area contributed by atoms with Crippen LogP contribution in [0.4, 0.5) is 10.5 Å². The van der Waals surface area contributed by atoms with Crippen LogP contribution in [0, 0.1) is 0 Å². The summed E-state index contributed by atoms with van der Waals surface area (Å²) in [5.74, 6) is 0.0204. The third kappa shape index (κ3) is 6.38. The van der Waals surface area contributed by atoms with Gasteiger partial charge in [-0.15, -0.1) is 0 Å². The lowest BCUT2D eigenvalue weighted by atomic mass is 10.0. The van der Waals surface area contributed by atoms with Gasteiger partial charge in [-0.1, -0.05) is 29.8 Å². The Balaban J connectivity index is 1.43. The van der Waals surface area contributed by atoms with Crippen molar-refractivity contribution in [1.82, 2.24) is 15.1 Å². The number of alkyl carbamates (subject to hydrolysis) is 1. The van der Waals surface area contributed by atoms with Crippen molar-refractivity contribution in [2.45, 2.75) is 58.2 Å². The minimum absolute atomic E-state index is 0.0204. The van der Waals surface area contributed by atoms with Gasteiger partial charge in [0.25, 0.3) is 0 Å². The number of carbonyl (C=O) groups is 2. The maximum atomic E-state index is 12.4. The molecule has 1 aliphatic heterocycles. The number of fused-ring (bicyclic) bond motifs is 1. The summed E-state index contributed by atoms with van der Waals surface area (Å²) in [6.07, 6.45) is 5.09. The largest absolute Gasteiger partial charge is 0.444 e. The second-order valence-corrected chi connectivity index (χ2v) is 9.99. The number of aryl methyl sites for hydroxylation is 1. The van der Waals surface area contributed by atoms with Gasteiger partial charge in [0.1, 0.15) is 5.60 Å². The van der Waals surface area contributed by atoms with E-state index in [4.69, 9.17) is 16.3 Å². The highest BCUT2D eigenvalue weighted by Gasteiger charge is 2.21. The van der Waals surface area contributed by atoms with Gasteiger partial charge in [0.2, 0.25) is 5.91 Å². The molecule has 2 amide bonds. The Morgan fingerprint density at radius 2 is 1.97 bits per heavy atom. The van der Waals surface area contributed by atoms with E-state index < -0.39 is 11.7 Å². The number of anilines is 1. The number of rotatable bonds is 7. The molecule has 1 aromatic heterocycles. The number of nitrogens with zero attached hydrogens (tertiary/aromatic N) is 2. The summed E-state index contributed by atoms with van der Waals surface area (Å²) in [7, 11) is 0. The van der Waals surface area contributed by atoms with Crippen LogP contribution >= 0.6 is 11.6 Å². The number of aromatic nitrogens is 2. The fraction of sp³-hybridized carbons (Fsp3) is 0.346. The molecule has 8 heteroatoms. The van der Waals surface area contributed by atoms with E-state index in [1.807, 2.05) is 80.3 Å². The van der Waals surface area contributed by atoms with Crippen molar-refractivity contribution in [3.8, 4) is 11.1 Å². The van der Waals surface area contributed by atoms with Gasteiger partial charge in [-0.2, -0.15) is 5.10 Å². The van der Waals surface area contributed by atoms with Crippen LogP contribution in [0.2, 0.25) is 5.02 Å². The predicted octanol–water partition coefficient (Wildman–Crippen LogP) is 5.22. The molecule has 7 nitrogen and oxygen atoms in total. The highest BCUT2D eigenvalue weighted by molar-refractivity contribution is 6.30. The lowest BCUT2D eigenvalue weighted by Gasteiger charge is -2.24. The van der Waals surface area contributed by atoms with E-state index in [0.717, 1.165) is 27.9 Å². The summed E-state index contributed by atoms with van der Waals surface area (Å²) in [6, 6.07) is 13.4. The molecule has 0 radical (unpaired) electrons. The number of amides is 2. The Morgan fingerprint density at radius 1 is 1.21 bits per heavy atom. The van der Waals surface area contributed by atoms with Gasteiger partial charge in [-0.25, -0.2) is 4.79 Å².